The van der Waals surface area contributed by atoms with Crippen molar-refractivity contribution in [3.8, 4) is 5.88 Å². The van der Waals surface area contributed by atoms with Crippen LogP contribution in [-0.4, -0.2) is 83.7 Å². The van der Waals surface area contributed by atoms with Gasteiger partial charge in [0.05, 0.1) is 22.9 Å². The summed E-state index contributed by atoms with van der Waals surface area (Å²) in [6.07, 6.45) is 12.5. The number of nitrogens with one attached hydrogen (secondary N) is 4. The van der Waals surface area contributed by atoms with E-state index in [-0.39, 0.29) is 55.1 Å². The number of aromatic nitrogens is 1. The molecule has 15 heteroatoms. The zero-order chi connectivity index (χ0) is 39.2. The summed E-state index contributed by atoms with van der Waals surface area (Å²) >= 11 is 0. The summed E-state index contributed by atoms with van der Waals surface area (Å²) < 4.78 is 40.3. The molecule has 5 fully saturated rings. The van der Waals surface area contributed by atoms with Gasteiger partial charge < -0.3 is 30.0 Å². The van der Waals surface area contributed by atoms with Crippen molar-refractivity contribution in [3.63, 3.8) is 0 Å². The number of carbonyl (C=O) groups is 4. The molecule has 0 spiro atoms. The van der Waals surface area contributed by atoms with Gasteiger partial charge in [-0.25, -0.2) is 13.2 Å². The molecule has 4 amide bonds. The number of pyridine rings is 1. The number of rotatable bonds is 7. The Kier molecular flexibility index (Phi) is 10.5. The molecule has 4 saturated carbocycles. The summed E-state index contributed by atoms with van der Waals surface area (Å²) in [5.74, 6) is -2.27. The zero-order valence-corrected chi connectivity index (χ0v) is 32.3. The fraction of sp³-hybridized carbons (Fsp3) is 0.585. The van der Waals surface area contributed by atoms with Gasteiger partial charge in [0.2, 0.25) is 21.8 Å². The Labute approximate surface area is 326 Å². The number of amides is 4. The Hall–Kier alpha value is -4.66. The van der Waals surface area contributed by atoms with Gasteiger partial charge in [-0.15, -0.1) is 6.58 Å². The van der Waals surface area contributed by atoms with Crippen molar-refractivity contribution in [2.75, 3.05) is 6.54 Å². The number of fused-ring (bicyclic) bond motifs is 5. The van der Waals surface area contributed by atoms with Gasteiger partial charge in [-0.1, -0.05) is 43.2 Å². The van der Waals surface area contributed by atoms with E-state index in [0.29, 0.717) is 42.1 Å². The van der Waals surface area contributed by atoms with Crippen molar-refractivity contribution >= 4 is 44.7 Å². The first-order chi connectivity index (χ1) is 27.0. The summed E-state index contributed by atoms with van der Waals surface area (Å²) in [6.45, 7) is 3.75. The van der Waals surface area contributed by atoms with Crippen LogP contribution in [0.2, 0.25) is 0 Å². The molecule has 4 N–H and O–H groups in total. The number of nitrogens with zero attached hydrogens (tertiary/aromatic N) is 1. The molecular formula is C41H51N5O9S. The molecule has 6 aliphatic rings. The van der Waals surface area contributed by atoms with Crippen LogP contribution in [0.1, 0.15) is 89.0 Å². The Balaban J connectivity index is 1.14. The molecule has 8 rings (SSSR count). The maximum Gasteiger partial charge on any atom is 0.408 e. The van der Waals surface area contributed by atoms with Crippen LogP contribution in [0.15, 0.2) is 53.9 Å². The maximum absolute atomic E-state index is 14.8. The van der Waals surface area contributed by atoms with E-state index in [0.717, 1.165) is 44.9 Å². The molecule has 1 saturated heterocycles. The van der Waals surface area contributed by atoms with E-state index >= 15 is 0 Å². The minimum Gasteiger partial charge on any atom is -0.473 e. The minimum absolute atomic E-state index is 0.00409. The van der Waals surface area contributed by atoms with Gasteiger partial charge in [0.25, 0.3) is 5.91 Å². The summed E-state index contributed by atoms with van der Waals surface area (Å²) in [7, 11) is -3.91. The summed E-state index contributed by atoms with van der Waals surface area (Å²) in [5.41, 5.74) is -0.740. The molecule has 3 heterocycles. The number of hydrogen-bond acceptors (Lipinski definition) is 9. The van der Waals surface area contributed by atoms with E-state index < -0.39 is 68.7 Å². The molecule has 14 nitrogen and oxygen atoms in total. The largest absolute Gasteiger partial charge is 0.473 e. The molecule has 1 aromatic carbocycles. The van der Waals surface area contributed by atoms with Crippen LogP contribution in [-0.2, 0) is 35.6 Å². The molecule has 2 bridgehead atoms. The topological polar surface area (TPSA) is 193 Å². The highest BCUT2D eigenvalue weighted by atomic mass is 32.2. The van der Waals surface area contributed by atoms with Crippen LogP contribution in [0.5, 0.6) is 5.88 Å². The lowest BCUT2D eigenvalue weighted by Gasteiger charge is -2.32. The molecular weight excluding hydrogens is 739 g/mol. The van der Waals surface area contributed by atoms with E-state index in [1.54, 1.807) is 18.2 Å². The Morgan fingerprint density at radius 2 is 1.71 bits per heavy atom. The second-order valence-electron chi connectivity index (χ2n) is 16.5. The molecule has 2 aliphatic heterocycles. The zero-order valence-electron chi connectivity index (χ0n) is 31.5. The number of sulfonamides is 1. The van der Waals surface area contributed by atoms with Crippen molar-refractivity contribution in [2.24, 2.45) is 17.8 Å². The first-order valence-electron chi connectivity index (χ1n) is 20.2. The van der Waals surface area contributed by atoms with E-state index in [1.807, 2.05) is 18.2 Å². The third-order valence-corrected chi connectivity index (χ3v) is 14.6. The number of benzene rings is 1. The van der Waals surface area contributed by atoms with Gasteiger partial charge in [0.15, 0.2) is 11.3 Å². The lowest BCUT2D eigenvalue weighted by Crippen LogP contribution is -2.59. The second kappa shape index (κ2) is 15.4. The quantitative estimate of drug-likeness (QED) is 0.301. The Morgan fingerprint density at radius 3 is 2.46 bits per heavy atom. The Morgan fingerprint density at radius 1 is 0.946 bits per heavy atom. The van der Waals surface area contributed by atoms with Gasteiger partial charge in [-0.3, -0.25) is 23.9 Å². The number of aromatic amines is 1. The van der Waals surface area contributed by atoms with Gasteiger partial charge >= 0.3 is 6.09 Å². The number of carbonyl (C=O) groups excluding carboxylic acids is 4. The van der Waals surface area contributed by atoms with Crippen LogP contribution in [0.25, 0.3) is 10.9 Å². The molecule has 56 heavy (non-hydrogen) atoms. The predicted molar refractivity (Wildman–Crippen MR) is 207 cm³/mol. The highest BCUT2D eigenvalue weighted by Gasteiger charge is 2.62. The minimum atomic E-state index is -3.91. The summed E-state index contributed by atoms with van der Waals surface area (Å²) in [5, 5.41) is 5.61. The van der Waals surface area contributed by atoms with Crippen LogP contribution in [0, 0.1) is 17.8 Å². The fourth-order valence-electron chi connectivity index (χ4n) is 9.37. The number of para-hydroxylation sites is 1. The Bertz CT molecular complexity index is 2110. The maximum atomic E-state index is 14.8. The van der Waals surface area contributed by atoms with Crippen LogP contribution >= 0.6 is 0 Å². The predicted octanol–water partition coefficient (Wildman–Crippen LogP) is 3.89. The van der Waals surface area contributed by atoms with Crippen molar-refractivity contribution in [1.82, 2.24) is 25.2 Å². The van der Waals surface area contributed by atoms with Crippen LogP contribution in [0.4, 0.5) is 4.79 Å². The van der Waals surface area contributed by atoms with E-state index in [2.05, 4.69) is 26.9 Å². The second-order valence-corrected chi connectivity index (χ2v) is 18.5. The molecule has 7 atom stereocenters. The number of alkyl carbamates (subject to hydrolysis) is 1. The SMILES string of the molecule is C=C[C@@H]1C[C@]1(NC(=O)[C@@H]1C[C@@H]2CN1C(=O)[C@H](C1CCCC1)NC(=O)O[C@@H]1CCC[C@H]1CC/C=C\Cc1c([nH]c3ccccc3c1=O)O2)C(=O)NS(=O)(=O)C1CC1. The normalized spacial score (nSPS) is 31.8. The third kappa shape index (κ3) is 7.58. The highest BCUT2D eigenvalue weighted by Crippen LogP contribution is 2.46. The summed E-state index contributed by atoms with van der Waals surface area (Å²) in [6, 6.07) is 5.04. The standard InChI is InChI=1S/C41H51N5O9S/c1-2-26-22-41(26,39(50)45-56(52,53)28-19-20-28)44-36(48)32-21-27-23-46(32)38(49)34(25-12-6-7-13-25)43-40(51)55-33-18-10-14-24(33)11-4-3-5-16-30-35(47)29-15-8-9-17-31(29)42-37(30)54-27/h2-3,5,8-9,15,17,24-28,32-34H,1,4,6-7,10-14,16,18-23H2,(H,42,47)(H,43,51)(H,44,48)(H,45,50)/b5-3-/t24-,26-,27-,32+,33-,34+,41-/m1/s1. The fourth-order valence-corrected chi connectivity index (χ4v) is 10.7. The van der Waals surface area contributed by atoms with Crippen LogP contribution in [0.3, 0.4) is 0 Å². The average Bonchev–Trinajstić information content (AvgIpc) is 3.96. The third-order valence-electron chi connectivity index (χ3n) is 12.8. The number of H-pyrrole nitrogens is 1. The molecule has 300 valence electrons. The van der Waals surface area contributed by atoms with E-state index in [4.69, 9.17) is 9.47 Å². The van der Waals surface area contributed by atoms with Gasteiger partial charge in [-0.05, 0) is 94.6 Å². The molecule has 0 unspecified atom stereocenters. The van der Waals surface area contributed by atoms with Crippen LogP contribution < -0.4 is 25.5 Å². The first kappa shape index (κ1) is 38.2. The monoisotopic (exact) mass is 789 g/mol. The molecule has 2 aromatic rings. The number of hydrogen-bond donors (Lipinski definition) is 4. The average molecular weight is 790 g/mol. The number of allylic oxidation sites excluding steroid dienone is 2. The number of ether oxygens (including phenoxy) is 2. The van der Waals surface area contributed by atoms with Gasteiger partial charge in [-0.2, -0.15) is 0 Å². The van der Waals surface area contributed by atoms with E-state index in [9.17, 15) is 32.4 Å². The smallest absolute Gasteiger partial charge is 0.408 e. The highest BCUT2D eigenvalue weighted by molar-refractivity contribution is 7.91. The van der Waals surface area contributed by atoms with Crippen molar-refractivity contribution < 1.29 is 37.1 Å². The summed E-state index contributed by atoms with van der Waals surface area (Å²) in [4.78, 5) is 75.1. The lowest BCUT2D eigenvalue weighted by molar-refractivity contribution is -0.142. The van der Waals surface area contributed by atoms with Crippen molar-refractivity contribution in [2.45, 2.75) is 125 Å². The first-order valence-corrected chi connectivity index (χ1v) is 21.8. The molecule has 4 aliphatic carbocycles. The van der Waals surface area contributed by atoms with E-state index in [1.165, 1.54) is 11.0 Å². The van der Waals surface area contributed by atoms with Gasteiger partial charge in [0.1, 0.15) is 29.8 Å². The molecule has 1 aromatic heterocycles. The molecule has 0 radical (unpaired) electrons. The van der Waals surface area contributed by atoms with Crippen molar-refractivity contribution in [1.29, 1.82) is 0 Å². The van der Waals surface area contributed by atoms with Crippen molar-refractivity contribution in [3.05, 3.63) is 64.9 Å². The lowest BCUT2D eigenvalue weighted by atomic mass is 9.96. The van der Waals surface area contributed by atoms with Gasteiger partial charge in [0, 0.05) is 17.7 Å².